The van der Waals surface area contributed by atoms with Gasteiger partial charge in [-0.1, -0.05) is 23.2 Å². The van der Waals surface area contributed by atoms with Gasteiger partial charge in [-0.3, -0.25) is 9.48 Å². The first-order valence-corrected chi connectivity index (χ1v) is 10.0. The molecule has 3 aromatic rings. The number of nitrogens with zero attached hydrogens (tertiary/aromatic N) is 5. The summed E-state index contributed by atoms with van der Waals surface area (Å²) < 4.78 is 42.5. The molecule has 4 rings (SSSR count). The summed E-state index contributed by atoms with van der Waals surface area (Å²) in [7, 11) is 0. The van der Waals surface area contributed by atoms with Crippen LogP contribution in [0.4, 0.5) is 13.2 Å². The first-order valence-electron chi connectivity index (χ1n) is 9.29. The van der Waals surface area contributed by atoms with E-state index in [1.54, 1.807) is 6.92 Å². The normalized spacial score (nSPS) is 14.5. The molecule has 0 aliphatic heterocycles. The van der Waals surface area contributed by atoms with Gasteiger partial charge in [-0.05, 0) is 32.3 Å². The Kier molecular flexibility index (Phi) is 5.39. The van der Waals surface area contributed by atoms with E-state index >= 15 is 0 Å². The number of carbonyl (C=O) groups excluding carboxylic acids is 1. The minimum absolute atomic E-state index is 0.00492. The van der Waals surface area contributed by atoms with Crippen molar-refractivity contribution in [3.8, 4) is 0 Å². The second-order valence-electron chi connectivity index (χ2n) is 7.16. The van der Waals surface area contributed by atoms with Crippen LogP contribution in [0.25, 0.3) is 5.65 Å². The summed E-state index contributed by atoms with van der Waals surface area (Å²) >= 11 is 12.0. The fourth-order valence-electron chi connectivity index (χ4n) is 3.10. The average molecular weight is 461 g/mol. The lowest BCUT2D eigenvalue weighted by atomic mass is 10.2. The zero-order valence-corrected chi connectivity index (χ0v) is 17.3. The molecule has 1 saturated carbocycles. The van der Waals surface area contributed by atoms with Crippen molar-refractivity contribution in [2.75, 3.05) is 6.54 Å². The molecular formula is C18H17Cl2F3N6O. The van der Waals surface area contributed by atoms with E-state index in [9.17, 15) is 18.0 Å². The molecule has 0 atom stereocenters. The molecule has 7 nitrogen and oxygen atoms in total. The van der Waals surface area contributed by atoms with Gasteiger partial charge in [-0.25, -0.2) is 9.50 Å². The topological polar surface area (TPSA) is 77.1 Å². The maximum absolute atomic E-state index is 13.4. The molecule has 1 amide bonds. The molecule has 0 bridgehead atoms. The number of halogens is 5. The van der Waals surface area contributed by atoms with E-state index in [0.717, 1.165) is 18.9 Å². The Morgan fingerprint density at radius 1 is 1.27 bits per heavy atom. The summed E-state index contributed by atoms with van der Waals surface area (Å²) in [5.74, 6) is -0.545. The molecule has 0 radical (unpaired) electrons. The van der Waals surface area contributed by atoms with E-state index in [0.29, 0.717) is 39.0 Å². The average Bonchev–Trinajstić information content (AvgIpc) is 3.40. The van der Waals surface area contributed by atoms with Crippen LogP contribution in [0.3, 0.4) is 0 Å². The predicted molar refractivity (Wildman–Crippen MR) is 104 cm³/mol. The van der Waals surface area contributed by atoms with Gasteiger partial charge in [-0.2, -0.15) is 23.4 Å². The van der Waals surface area contributed by atoms with Gasteiger partial charge in [0, 0.05) is 30.8 Å². The lowest BCUT2D eigenvalue weighted by molar-refractivity contribution is -0.142. The zero-order chi connectivity index (χ0) is 21.6. The number of hydrogen-bond acceptors (Lipinski definition) is 4. The van der Waals surface area contributed by atoms with Crippen LogP contribution in [0.2, 0.25) is 10.2 Å². The van der Waals surface area contributed by atoms with Crippen LogP contribution in [0.15, 0.2) is 12.1 Å². The minimum atomic E-state index is -4.60. The first-order chi connectivity index (χ1) is 14.1. The first kappa shape index (κ1) is 20.9. The maximum atomic E-state index is 13.4. The molecule has 0 saturated heterocycles. The Hall–Kier alpha value is -2.33. The van der Waals surface area contributed by atoms with Crippen molar-refractivity contribution in [1.29, 1.82) is 0 Å². The Bertz CT molecular complexity index is 1120. The summed E-state index contributed by atoms with van der Waals surface area (Å²) in [6.45, 7) is 2.41. The van der Waals surface area contributed by atoms with E-state index in [4.69, 9.17) is 23.2 Å². The summed E-state index contributed by atoms with van der Waals surface area (Å²) in [6, 6.07) is 2.28. The lowest BCUT2D eigenvalue weighted by Gasteiger charge is -2.10. The third kappa shape index (κ3) is 4.11. The van der Waals surface area contributed by atoms with Gasteiger partial charge in [0.25, 0.3) is 5.91 Å². The molecule has 12 heteroatoms. The van der Waals surface area contributed by atoms with Crippen LogP contribution >= 0.6 is 23.2 Å². The van der Waals surface area contributed by atoms with Crippen molar-refractivity contribution in [2.24, 2.45) is 0 Å². The van der Waals surface area contributed by atoms with Gasteiger partial charge >= 0.3 is 6.18 Å². The smallest absolute Gasteiger partial charge is 0.351 e. The second kappa shape index (κ2) is 7.73. The third-order valence-corrected chi connectivity index (χ3v) is 5.73. The maximum Gasteiger partial charge on any atom is 0.433 e. The molecule has 0 spiro atoms. The number of carbonyl (C=O) groups is 1. The molecule has 3 heterocycles. The van der Waals surface area contributed by atoms with Crippen LogP contribution < -0.4 is 5.32 Å². The van der Waals surface area contributed by atoms with Crippen LogP contribution in [0, 0.1) is 6.92 Å². The highest BCUT2D eigenvalue weighted by atomic mass is 35.5. The number of fused-ring (bicyclic) bond motifs is 1. The van der Waals surface area contributed by atoms with Gasteiger partial charge in [0.2, 0.25) is 0 Å². The molecule has 1 fully saturated rings. The van der Waals surface area contributed by atoms with E-state index in [-0.39, 0.29) is 23.8 Å². The number of nitrogens with one attached hydrogen (secondary N) is 1. The van der Waals surface area contributed by atoms with Crippen LogP contribution in [0.1, 0.15) is 52.8 Å². The second-order valence-corrected chi connectivity index (χ2v) is 7.90. The number of aromatic nitrogens is 5. The SMILES string of the molecule is Cc1nn(CCCNC(=O)c2cc3nc(C4CC4)cc(C(F)(F)F)n3n2)c(Cl)c1Cl. The number of rotatable bonds is 6. The van der Waals surface area contributed by atoms with Gasteiger partial charge in [0.1, 0.15) is 15.9 Å². The van der Waals surface area contributed by atoms with Crippen LogP contribution in [-0.4, -0.2) is 36.8 Å². The van der Waals surface area contributed by atoms with E-state index in [1.165, 1.54) is 10.7 Å². The van der Waals surface area contributed by atoms with E-state index < -0.39 is 17.8 Å². The highest BCUT2D eigenvalue weighted by molar-refractivity contribution is 6.41. The Balaban J connectivity index is 1.46. The summed E-state index contributed by atoms with van der Waals surface area (Å²) in [5, 5.41) is 11.3. The zero-order valence-electron chi connectivity index (χ0n) is 15.8. The monoisotopic (exact) mass is 460 g/mol. The van der Waals surface area contributed by atoms with Crippen LogP contribution in [-0.2, 0) is 12.7 Å². The van der Waals surface area contributed by atoms with Crippen molar-refractivity contribution < 1.29 is 18.0 Å². The van der Waals surface area contributed by atoms with Gasteiger partial charge < -0.3 is 5.32 Å². The quantitative estimate of drug-likeness (QED) is 0.557. The molecule has 0 unspecified atom stereocenters. The Morgan fingerprint density at radius 2 is 2.00 bits per heavy atom. The summed E-state index contributed by atoms with van der Waals surface area (Å²) in [5.41, 5.74) is -0.0722. The van der Waals surface area contributed by atoms with Crippen molar-refractivity contribution in [3.05, 3.63) is 45.1 Å². The fourth-order valence-corrected chi connectivity index (χ4v) is 3.49. The van der Waals surface area contributed by atoms with E-state index in [1.807, 2.05) is 0 Å². The highest BCUT2D eigenvalue weighted by Gasteiger charge is 2.37. The van der Waals surface area contributed by atoms with Crippen molar-refractivity contribution >= 4 is 34.8 Å². The van der Waals surface area contributed by atoms with Crippen molar-refractivity contribution in [3.63, 3.8) is 0 Å². The molecule has 1 aliphatic rings. The van der Waals surface area contributed by atoms with Gasteiger partial charge in [0.15, 0.2) is 11.3 Å². The Labute approximate surface area is 179 Å². The predicted octanol–water partition coefficient (Wildman–Crippen LogP) is 4.26. The molecule has 1 N–H and O–H groups in total. The van der Waals surface area contributed by atoms with Gasteiger partial charge in [-0.15, -0.1) is 0 Å². The highest BCUT2D eigenvalue weighted by Crippen LogP contribution is 2.41. The number of aryl methyl sites for hydroxylation is 2. The Morgan fingerprint density at radius 3 is 2.60 bits per heavy atom. The lowest BCUT2D eigenvalue weighted by Crippen LogP contribution is -2.26. The molecule has 3 aromatic heterocycles. The summed E-state index contributed by atoms with van der Waals surface area (Å²) in [4.78, 5) is 16.6. The van der Waals surface area contributed by atoms with Crippen molar-refractivity contribution in [1.82, 2.24) is 29.7 Å². The van der Waals surface area contributed by atoms with Crippen molar-refractivity contribution in [2.45, 2.75) is 44.8 Å². The third-order valence-electron chi connectivity index (χ3n) is 4.79. The standard InChI is InChI=1S/C18H17Cl2F3N6O/c1-9-15(19)16(20)28(26-9)6-2-5-24-17(30)12-8-14-25-11(10-3-4-10)7-13(18(21,22)23)29(14)27-12/h7-8,10H,2-6H2,1H3,(H,24,30). The summed E-state index contributed by atoms with van der Waals surface area (Å²) in [6.07, 6.45) is -2.49. The molecule has 30 heavy (non-hydrogen) atoms. The fraction of sp³-hybridized carbons (Fsp3) is 0.444. The molecule has 160 valence electrons. The molecular weight excluding hydrogens is 444 g/mol. The van der Waals surface area contributed by atoms with Crippen LogP contribution in [0.5, 0.6) is 0 Å². The molecule has 1 aliphatic carbocycles. The number of alkyl halides is 3. The van der Waals surface area contributed by atoms with E-state index in [2.05, 4.69) is 20.5 Å². The number of amides is 1. The molecule has 0 aromatic carbocycles. The largest absolute Gasteiger partial charge is 0.433 e. The van der Waals surface area contributed by atoms with Gasteiger partial charge in [0.05, 0.1) is 5.69 Å². The minimum Gasteiger partial charge on any atom is -0.351 e. The number of hydrogen-bond donors (Lipinski definition) is 1.